The lowest BCUT2D eigenvalue weighted by atomic mass is 10.1. The molecule has 0 spiro atoms. The Morgan fingerprint density at radius 3 is 2.38 bits per heavy atom. The number of nitrogens with zero attached hydrogens (tertiary/aromatic N) is 3. The summed E-state index contributed by atoms with van der Waals surface area (Å²) >= 11 is 1.72. The highest BCUT2D eigenvalue weighted by molar-refractivity contribution is 7.99. The van der Waals surface area contributed by atoms with Gasteiger partial charge in [-0.1, -0.05) is 84.6 Å². The molecule has 0 fully saturated rings. The van der Waals surface area contributed by atoms with Gasteiger partial charge in [0, 0.05) is 18.7 Å². The number of benzene rings is 2. The highest BCUT2D eigenvalue weighted by Gasteiger charge is 2.11. The lowest BCUT2D eigenvalue weighted by molar-refractivity contribution is 0.651. The van der Waals surface area contributed by atoms with Crippen LogP contribution in [0.15, 0.2) is 71.9 Å². The molecule has 0 amide bonds. The minimum absolute atomic E-state index is 0.822. The van der Waals surface area contributed by atoms with Crippen LogP contribution in [0.4, 0.5) is 0 Å². The smallest absolute Gasteiger partial charge is 0.191 e. The summed E-state index contributed by atoms with van der Waals surface area (Å²) in [4.78, 5) is 0. The van der Waals surface area contributed by atoms with E-state index < -0.39 is 0 Å². The van der Waals surface area contributed by atoms with E-state index in [1.54, 1.807) is 11.8 Å². The van der Waals surface area contributed by atoms with Gasteiger partial charge in [-0.3, -0.25) is 0 Å². The summed E-state index contributed by atoms with van der Waals surface area (Å²) in [6.07, 6.45) is 5.14. The van der Waals surface area contributed by atoms with E-state index in [1.807, 2.05) is 12.1 Å². The van der Waals surface area contributed by atoms with Gasteiger partial charge in [-0.05, 0) is 18.1 Å². The average molecular weight is 335 g/mol. The molecular formula is C20H21N3S. The van der Waals surface area contributed by atoms with Crippen molar-refractivity contribution in [2.24, 2.45) is 0 Å². The molecule has 3 rings (SSSR count). The van der Waals surface area contributed by atoms with Crippen LogP contribution in [0.2, 0.25) is 0 Å². The van der Waals surface area contributed by atoms with Crippen LogP contribution >= 0.6 is 11.8 Å². The van der Waals surface area contributed by atoms with Crippen molar-refractivity contribution in [2.45, 2.75) is 25.0 Å². The second-order valence-electron chi connectivity index (χ2n) is 5.43. The highest BCUT2D eigenvalue weighted by atomic mass is 32.2. The molecule has 0 unspecified atom stereocenters. The molecule has 2 aromatic carbocycles. The van der Waals surface area contributed by atoms with Crippen LogP contribution in [0.5, 0.6) is 0 Å². The fraction of sp³-hybridized carbons (Fsp3) is 0.200. The quantitative estimate of drug-likeness (QED) is 0.587. The van der Waals surface area contributed by atoms with Crippen LogP contribution in [0.25, 0.3) is 6.08 Å². The maximum Gasteiger partial charge on any atom is 0.191 e. The first-order chi connectivity index (χ1) is 11.9. The largest absolute Gasteiger partial charge is 0.306 e. The van der Waals surface area contributed by atoms with Gasteiger partial charge in [0.1, 0.15) is 5.82 Å². The van der Waals surface area contributed by atoms with Crippen molar-refractivity contribution in [1.82, 2.24) is 14.8 Å². The molecule has 3 aromatic rings. The number of thioether (sulfide) groups is 1. The fourth-order valence-corrected chi connectivity index (χ4v) is 3.35. The topological polar surface area (TPSA) is 30.7 Å². The lowest BCUT2D eigenvalue weighted by Gasteiger charge is -2.06. The van der Waals surface area contributed by atoms with E-state index in [2.05, 4.69) is 82.4 Å². The van der Waals surface area contributed by atoms with Crippen LogP contribution in [0.1, 0.15) is 23.9 Å². The van der Waals surface area contributed by atoms with Crippen LogP contribution in [0, 0.1) is 0 Å². The summed E-state index contributed by atoms with van der Waals surface area (Å²) in [5, 5.41) is 9.74. The Labute approximate surface area is 147 Å². The molecule has 0 radical (unpaired) electrons. The van der Waals surface area contributed by atoms with E-state index in [1.165, 1.54) is 11.1 Å². The third-order valence-corrected chi connectivity index (χ3v) is 4.65. The molecule has 0 aliphatic heterocycles. The molecule has 0 saturated heterocycles. The first-order valence-corrected chi connectivity index (χ1v) is 9.15. The third-order valence-electron chi connectivity index (χ3n) is 3.73. The van der Waals surface area contributed by atoms with E-state index in [0.29, 0.717) is 0 Å². The molecule has 3 nitrogen and oxygen atoms in total. The molecule has 0 N–H and O–H groups in total. The molecule has 122 valence electrons. The van der Waals surface area contributed by atoms with Gasteiger partial charge in [-0.25, -0.2) is 0 Å². The Morgan fingerprint density at radius 2 is 1.67 bits per heavy atom. The number of aromatic nitrogens is 3. The fourth-order valence-electron chi connectivity index (χ4n) is 2.52. The SMILES string of the molecule is CCn1c(Cc2ccccc2)nnc1SCC=Cc1ccccc1. The summed E-state index contributed by atoms with van der Waals surface area (Å²) in [6, 6.07) is 20.8. The Bertz CT molecular complexity index is 779. The van der Waals surface area contributed by atoms with Gasteiger partial charge in [0.05, 0.1) is 0 Å². The number of hydrogen-bond donors (Lipinski definition) is 0. The van der Waals surface area contributed by atoms with Gasteiger partial charge >= 0.3 is 0 Å². The minimum Gasteiger partial charge on any atom is -0.306 e. The second kappa shape index (κ2) is 8.50. The summed E-state index contributed by atoms with van der Waals surface area (Å²) in [6.45, 7) is 3.03. The van der Waals surface area contributed by atoms with Crippen LogP contribution < -0.4 is 0 Å². The Kier molecular flexibility index (Phi) is 5.85. The zero-order chi connectivity index (χ0) is 16.6. The van der Waals surface area contributed by atoms with Crippen molar-refractivity contribution >= 4 is 17.8 Å². The average Bonchev–Trinajstić information content (AvgIpc) is 3.02. The van der Waals surface area contributed by atoms with Gasteiger partial charge in [0.2, 0.25) is 0 Å². The monoisotopic (exact) mass is 335 g/mol. The normalized spacial score (nSPS) is 11.2. The van der Waals surface area contributed by atoms with E-state index in [-0.39, 0.29) is 0 Å². The van der Waals surface area contributed by atoms with Gasteiger partial charge in [-0.2, -0.15) is 0 Å². The summed E-state index contributed by atoms with van der Waals surface area (Å²) in [5.41, 5.74) is 2.49. The molecule has 0 bridgehead atoms. The molecule has 0 atom stereocenters. The second-order valence-corrected chi connectivity index (χ2v) is 6.42. The van der Waals surface area contributed by atoms with Crippen molar-refractivity contribution < 1.29 is 0 Å². The Balaban J connectivity index is 1.63. The number of hydrogen-bond acceptors (Lipinski definition) is 3. The van der Waals surface area contributed by atoms with E-state index in [0.717, 1.165) is 29.7 Å². The summed E-state index contributed by atoms with van der Waals surface area (Å²) < 4.78 is 2.20. The maximum atomic E-state index is 4.39. The molecule has 1 aromatic heterocycles. The van der Waals surface area contributed by atoms with Crippen LogP contribution in [0.3, 0.4) is 0 Å². The number of rotatable bonds is 7. The first-order valence-electron chi connectivity index (χ1n) is 8.17. The molecule has 0 aliphatic rings. The molecule has 0 saturated carbocycles. The maximum absolute atomic E-state index is 4.39. The van der Waals surface area contributed by atoms with Gasteiger partial charge in [-0.15, -0.1) is 10.2 Å². The molecule has 0 aliphatic carbocycles. The van der Waals surface area contributed by atoms with Crippen molar-refractivity contribution in [3.63, 3.8) is 0 Å². The predicted molar refractivity (Wildman–Crippen MR) is 101 cm³/mol. The van der Waals surface area contributed by atoms with E-state index in [9.17, 15) is 0 Å². The zero-order valence-electron chi connectivity index (χ0n) is 13.8. The highest BCUT2D eigenvalue weighted by Crippen LogP contribution is 2.19. The van der Waals surface area contributed by atoms with Crippen LogP contribution in [-0.2, 0) is 13.0 Å². The van der Waals surface area contributed by atoms with Gasteiger partial charge in [0.15, 0.2) is 5.16 Å². The molecule has 4 heteroatoms. The van der Waals surface area contributed by atoms with Crippen LogP contribution in [-0.4, -0.2) is 20.5 Å². The Morgan fingerprint density at radius 1 is 0.958 bits per heavy atom. The minimum atomic E-state index is 0.822. The first kappa shape index (κ1) is 16.5. The van der Waals surface area contributed by atoms with Crippen molar-refractivity contribution in [3.05, 3.63) is 83.7 Å². The van der Waals surface area contributed by atoms with Crippen molar-refractivity contribution in [3.8, 4) is 0 Å². The lowest BCUT2D eigenvalue weighted by Crippen LogP contribution is -2.04. The standard InChI is InChI=1S/C20H21N3S/c1-2-23-19(16-18-12-7-4-8-13-18)21-22-20(23)24-15-9-14-17-10-5-3-6-11-17/h3-14H,2,15-16H2,1H3. The summed E-state index contributed by atoms with van der Waals surface area (Å²) in [7, 11) is 0. The van der Waals surface area contributed by atoms with Gasteiger partial charge in [0.25, 0.3) is 0 Å². The summed E-state index contributed by atoms with van der Waals surface area (Å²) in [5.74, 6) is 1.91. The molecule has 24 heavy (non-hydrogen) atoms. The predicted octanol–water partition coefficient (Wildman–Crippen LogP) is 4.69. The van der Waals surface area contributed by atoms with Gasteiger partial charge < -0.3 is 4.57 Å². The zero-order valence-corrected chi connectivity index (χ0v) is 14.6. The van der Waals surface area contributed by atoms with E-state index >= 15 is 0 Å². The van der Waals surface area contributed by atoms with E-state index in [4.69, 9.17) is 0 Å². The van der Waals surface area contributed by atoms with Crippen molar-refractivity contribution in [2.75, 3.05) is 5.75 Å². The molecule has 1 heterocycles. The van der Waals surface area contributed by atoms with Crippen molar-refractivity contribution in [1.29, 1.82) is 0 Å². The molecular weight excluding hydrogens is 314 g/mol. The third kappa shape index (κ3) is 4.36. The Hall–Kier alpha value is -2.33.